The molecular weight excluding hydrogens is 374 g/mol. The molecule has 0 aliphatic heterocycles. The fourth-order valence-corrected chi connectivity index (χ4v) is 4.36. The maximum atomic E-state index is 8.81. The maximum absolute atomic E-state index is 8.81. The van der Waals surface area contributed by atoms with Gasteiger partial charge in [0.25, 0.3) is 0 Å². The van der Waals surface area contributed by atoms with Crippen molar-refractivity contribution in [3.8, 4) is 5.75 Å². The summed E-state index contributed by atoms with van der Waals surface area (Å²) in [5.74, 6) is 0.972. The lowest BCUT2D eigenvalue weighted by atomic mass is 10.1. The van der Waals surface area contributed by atoms with Crippen molar-refractivity contribution in [3.05, 3.63) is 65.2 Å². The topological polar surface area (TPSA) is 55.4 Å². The van der Waals surface area contributed by atoms with Crippen molar-refractivity contribution >= 4 is 13.1 Å². The van der Waals surface area contributed by atoms with Crippen molar-refractivity contribution < 1.29 is 14.3 Å². The first-order valence-electron chi connectivity index (χ1n) is 11.0. The minimum Gasteiger partial charge on any atom is -0.484 e. The van der Waals surface area contributed by atoms with Crippen molar-refractivity contribution in [2.75, 3.05) is 0 Å². The largest absolute Gasteiger partial charge is 0.484 e. The van der Waals surface area contributed by atoms with E-state index in [1.165, 1.54) is 62.1 Å². The molecule has 0 bridgehead atoms. The number of ether oxygens (including phenoxy) is 1. The Morgan fingerprint density at radius 3 is 2.20 bits per heavy atom. The third-order valence-corrected chi connectivity index (χ3v) is 5.76. The average molecular weight is 410 g/mol. The summed E-state index contributed by atoms with van der Waals surface area (Å²) >= 11 is 0. The Bertz CT molecular complexity index is 751. The molecule has 2 aromatic carbocycles. The van der Waals surface area contributed by atoms with Gasteiger partial charge in [0, 0.05) is 6.04 Å². The van der Waals surface area contributed by atoms with Gasteiger partial charge in [-0.3, -0.25) is 0 Å². The van der Waals surface area contributed by atoms with Crippen LogP contribution in [0, 0.1) is 6.92 Å². The van der Waals surface area contributed by atoms with Crippen LogP contribution in [0.2, 0.25) is 0 Å². The number of nitrogens with one attached hydrogen (secondary N) is 1. The summed E-state index contributed by atoms with van der Waals surface area (Å²) in [6.07, 6.45) is 10.1. The van der Waals surface area contributed by atoms with E-state index < -0.39 is 0 Å². The number of aldehydes is 1. The first-order chi connectivity index (χ1) is 14.7. The van der Waals surface area contributed by atoms with E-state index in [0.717, 1.165) is 18.5 Å². The lowest BCUT2D eigenvalue weighted by Crippen LogP contribution is -2.42. The van der Waals surface area contributed by atoms with Gasteiger partial charge in [-0.05, 0) is 56.4 Å². The van der Waals surface area contributed by atoms with E-state index >= 15 is 0 Å². The SMILES string of the molecule is C=O.CC=O.Cc1ccc(OC2c3ccccc3C[C@H]2NC2CCCCCC2)cc1. The fraction of sp³-hybridized carbons (Fsp3) is 0.462. The standard InChI is InChI=1S/C23H29NO.C2H4O.CH2O/c1-17-12-14-20(15-13-17)25-23-21-11-7-6-8-18(21)16-22(23)24-19-9-4-2-3-5-10-19;1-2-3;1-2/h6-8,11-15,19,22-24H,2-5,9-10,16H2,1H3;2H,1H3;1H2/t22-,23?;;/m1../s1. The molecule has 0 heterocycles. The fourth-order valence-electron chi connectivity index (χ4n) is 4.36. The van der Waals surface area contributed by atoms with Gasteiger partial charge < -0.3 is 19.6 Å². The molecular formula is C26H35NO3. The van der Waals surface area contributed by atoms with E-state index in [0.29, 0.717) is 12.1 Å². The minimum atomic E-state index is 0.113. The Hall–Kier alpha value is -2.46. The highest BCUT2D eigenvalue weighted by molar-refractivity contribution is 5.44. The lowest BCUT2D eigenvalue weighted by molar-refractivity contribution is -0.106. The highest BCUT2D eigenvalue weighted by atomic mass is 16.5. The summed E-state index contributed by atoms with van der Waals surface area (Å²) in [5.41, 5.74) is 4.06. The minimum absolute atomic E-state index is 0.113. The summed E-state index contributed by atoms with van der Waals surface area (Å²) in [7, 11) is 0. The van der Waals surface area contributed by atoms with Gasteiger partial charge >= 0.3 is 0 Å². The third kappa shape index (κ3) is 6.81. The smallest absolute Gasteiger partial charge is 0.140 e. The molecule has 1 fully saturated rings. The number of carbonyl (C=O) groups is 2. The summed E-state index contributed by atoms with van der Waals surface area (Å²) in [6.45, 7) is 5.56. The van der Waals surface area contributed by atoms with Crippen LogP contribution in [0.4, 0.5) is 0 Å². The van der Waals surface area contributed by atoms with Crippen LogP contribution in [0.15, 0.2) is 48.5 Å². The van der Waals surface area contributed by atoms with Gasteiger partial charge in [0.15, 0.2) is 0 Å². The van der Waals surface area contributed by atoms with Gasteiger partial charge in [0.05, 0.1) is 6.04 Å². The summed E-state index contributed by atoms with van der Waals surface area (Å²) in [6, 6.07) is 18.3. The summed E-state index contributed by atoms with van der Waals surface area (Å²) < 4.78 is 6.48. The maximum Gasteiger partial charge on any atom is 0.140 e. The number of aryl methyl sites for hydroxylation is 1. The second kappa shape index (κ2) is 13.0. The normalized spacial score (nSPS) is 20.5. The number of hydrogen-bond acceptors (Lipinski definition) is 4. The molecule has 162 valence electrons. The van der Waals surface area contributed by atoms with Crippen molar-refractivity contribution in [2.24, 2.45) is 0 Å². The molecule has 30 heavy (non-hydrogen) atoms. The molecule has 0 radical (unpaired) electrons. The van der Waals surface area contributed by atoms with Crippen molar-refractivity contribution in [3.63, 3.8) is 0 Å². The van der Waals surface area contributed by atoms with Gasteiger partial charge in [0.1, 0.15) is 24.9 Å². The molecule has 0 saturated heterocycles. The van der Waals surface area contributed by atoms with Gasteiger partial charge in [-0.25, -0.2) is 0 Å². The average Bonchev–Trinajstić information content (AvgIpc) is 2.92. The zero-order valence-corrected chi connectivity index (χ0v) is 18.3. The van der Waals surface area contributed by atoms with Crippen LogP contribution in [0.25, 0.3) is 0 Å². The molecule has 4 nitrogen and oxygen atoms in total. The number of fused-ring (bicyclic) bond motifs is 1. The monoisotopic (exact) mass is 409 g/mol. The van der Waals surface area contributed by atoms with Gasteiger partial charge in [-0.15, -0.1) is 0 Å². The van der Waals surface area contributed by atoms with Crippen LogP contribution < -0.4 is 10.1 Å². The predicted octanol–water partition coefficient (Wildman–Crippen LogP) is 5.37. The Morgan fingerprint density at radius 2 is 1.57 bits per heavy atom. The van der Waals surface area contributed by atoms with Crippen LogP contribution in [-0.4, -0.2) is 25.2 Å². The zero-order chi connectivity index (χ0) is 21.8. The molecule has 2 atom stereocenters. The van der Waals surface area contributed by atoms with Gasteiger partial charge in [0.2, 0.25) is 0 Å². The third-order valence-electron chi connectivity index (χ3n) is 5.76. The molecule has 4 rings (SSSR count). The van der Waals surface area contributed by atoms with Crippen molar-refractivity contribution in [1.82, 2.24) is 5.32 Å². The van der Waals surface area contributed by atoms with Gasteiger partial charge in [-0.1, -0.05) is 67.6 Å². The Labute approximate surface area is 181 Å². The number of carbonyl (C=O) groups excluding carboxylic acids is 2. The Morgan fingerprint density at radius 1 is 0.967 bits per heavy atom. The number of hydrogen-bond donors (Lipinski definition) is 1. The second-order valence-corrected chi connectivity index (χ2v) is 7.95. The highest BCUT2D eigenvalue weighted by Crippen LogP contribution is 2.36. The quantitative estimate of drug-likeness (QED) is 0.545. The Balaban J connectivity index is 0.000000590. The molecule has 4 heteroatoms. The molecule has 1 saturated carbocycles. The molecule has 0 spiro atoms. The summed E-state index contributed by atoms with van der Waals surface area (Å²) in [4.78, 5) is 16.8. The first-order valence-corrected chi connectivity index (χ1v) is 11.0. The van der Waals surface area contributed by atoms with Crippen molar-refractivity contribution in [2.45, 2.75) is 77.0 Å². The van der Waals surface area contributed by atoms with E-state index in [9.17, 15) is 0 Å². The molecule has 0 amide bonds. The van der Waals surface area contributed by atoms with Crippen molar-refractivity contribution in [1.29, 1.82) is 0 Å². The van der Waals surface area contributed by atoms with E-state index in [1.54, 1.807) is 0 Å². The molecule has 1 N–H and O–H groups in total. The van der Waals surface area contributed by atoms with Crippen LogP contribution in [0.1, 0.15) is 68.2 Å². The van der Waals surface area contributed by atoms with E-state index in [1.807, 2.05) is 6.79 Å². The lowest BCUT2D eigenvalue weighted by Gasteiger charge is -2.27. The van der Waals surface area contributed by atoms with Crippen LogP contribution in [-0.2, 0) is 16.0 Å². The summed E-state index contributed by atoms with van der Waals surface area (Å²) in [5, 5.41) is 3.96. The molecule has 2 aliphatic rings. The van der Waals surface area contributed by atoms with Crippen LogP contribution in [0.3, 0.4) is 0 Å². The number of benzene rings is 2. The predicted molar refractivity (Wildman–Crippen MR) is 122 cm³/mol. The molecule has 2 aromatic rings. The van der Waals surface area contributed by atoms with Crippen LogP contribution >= 0.6 is 0 Å². The zero-order valence-electron chi connectivity index (χ0n) is 18.3. The van der Waals surface area contributed by atoms with Crippen LogP contribution in [0.5, 0.6) is 5.75 Å². The molecule has 2 aliphatic carbocycles. The van der Waals surface area contributed by atoms with E-state index in [2.05, 4.69) is 60.8 Å². The van der Waals surface area contributed by atoms with E-state index in [-0.39, 0.29) is 6.10 Å². The van der Waals surface area contributed by atoms with E-state index in [4.69, 9.17) is 14.3 Å². The number of rotatable bonds is 4. The van der Waals surface area contributed by atoms with Gasteiger partial charge in [-0.2, -0.15) is 0 Å². The molecule has 1 unspecified atom stereocenters. The highest BCUT2D eigenvalue weighted by Gasteiger charge is 2.35. The Kier molecular flexibility index (Phi) is 10.3. The first kappa shape index (κ1) is 23.8. The molecule has 0 aromatic heterocycles. The second-order valence-electron chi connectivity index (χ2n) is 7.95.